The molecule has 0 radical (unpaired) electrons. The fourth-order valence-electron chi connectivity index (χ4n) is 1.37. The zero-order valence-corrected chi connectivity index (χ0v) is 10.5. The highest BCUT2D eigenvalue weighted by atomic mass is 16.3. The summed E-state index contributed by atoms with van der Waals surface area (Å²) in [6, 6.07) is 7.12. The van der Waals surface area contributed by atoms with Gasteiger partial charge in [0.25, 0.3) is 0 Å². The number of anilines is 1. The molecule has 0 atom stereocenters. The van der Waals surface area contributed by atoms with E-state index in [9.17, 15) is 10.0 Å². The van der Waals surface area contributed by atoms with Crippen molar-refractivity contribution in [3.8, 4) is 0 Å². The van der Waals surface area contributed by atoms with Gasteiger partial charge in [0.15, 0.2) is 5.96 Å². The molecular weight excluding hydrogens is 232 g/mol. The third-order valence-electron chi connectivity index (χ3n) is 2.03. The van der Waals surface area contributed by atoms with E-state index in [1.54, 1.807) is 31.1 Å². The van der Waals surface area contributed by atoms with Gasteiger partial charge in [-0.05, 0) is 31.3 Å². The Kier molecular flexibility index (Phi) is 5.70. The zero-order valence-electron chi connectivity index (χ0n) is 10.5. The summed E-state index contributed by atoms with van der Waals surface area (Å²) >= 11 is 0. The van der Waals surface area contributed by atoms with Crippen molar-refractivity contribution in [2.75, 3.05) is 5.32 Å². The molecule has 1 rings (SSSR count). The van der Waals surface area contributed by atoms with Crippen LogP contribution in [0.2, 0.25) is 13.6 Å². The maximum atomic E-state index is 9.26. The van der Waals surface area contributed by atoms with E-state index in [-0.39, 0.29) is 12.6 Å². The van der Waals surface area contributed by atoms with Crippen LogP contribution < -0.4 is 10.5 Å². The van der Waals surface area contributed by atoms with E-state index in [4.69, 9.17) is 5.11 Å². The smallest absolute Gasteiger partial charge is 0.431 e. The highest BCUT2D eigenvalue weighted by Gasteiger charge is 2.10. The van der Waals surface area contributed by atoms with E-state index in [0.29, 0.717) is 5.69 Å². The van der Waals surface area contributed by atoms with Crippen LogP contribution in [0.15, 0.2) is 29.2 Å². The summed E-state index contributed by atoms with van der Waals surface area (Å²) in [6.07, 6.45) is 0. The third kappa shape index (κ3) is 5.22. The van der Waals surface area contributed by atoms with Crippen molar-refractivity contribution in [3.05, 3.63) is 29.8 Å². The summed E-state index contributed by atoms with van der Waals surface area (Å²) in [5.74, 6) is 0.259. The van der Waals surface area contributed by atoms with Crippen LogP contribution in [0.5, 0.6) is 0 Å². The lowest BCUT2D eigenvalue weighted by Crippen LogP contribution is -2.41. The molecular formula is C10H17B2N3O3. The highest BCUT2D eigenvalue weighted by molar-refractivity contribution is 6.53. The van der Waals surface area contributed by atoms with Gasteiger partial charge in [0.1, 0.15) is 0 Å². The first-order chi connectivity index (χ1) is 8.51. The number of nitrogens with one attached hydrogen (secondary N) is 2. The maximum absolute atomic E-state index is 9.26. The molecule has 0 unspecified atom stereocenters. The second kappa shape index (κ2) is 7.05. The molecule has 0 bridgehead atoms. The molecule has 0 aliphatic carbocycles. The van der Waals surface area contributed by atoms with Crippen LogP contribution in [0.25, 0.3) is 0 Å². The van der Waals surface area contributed by atoms with Crippen LogP contribution in [-0.4, -0.2) is 35.2 Å². The molecule has 0 spiro atoms. The van der Waals surface area contributed by atoms with Gasteiger partial charge < -0.3 is 25.7 Å². The van der Waals surface area contributed by atoms with Gasteiger partial charge in [0, 0.05) is 5.69 Å². The van der Waals surface area contributed by atoms with Gasteiger partial charge in [-0.3, -0.25) is 4.90 Å². The first-order valence-corrected chi connectivity index (χ1v) is 5.68. The number of benzene rings is 1. The van der Waals surface area contributed by atoms with Crippen LogP contribution in [-0.2, 0) is 6.61 Å². The first kappa shape index (κ1) is 14.6. The minimum absolute atomic E-state index is 0.0533. The predicted molar refractivity (Wildman–Crippen MR) is 74.2 cm³/mol. The lowest BCUT2D eigenvalue weighted by Gasteiger charge is -2.14. The Bertz CT molecular complexity index is 413. The van der Waals surface area contributed by atoms with Crippen molar-refractivity contribution in [1.29, 1.82) is 0 Å². The predicted octanol–water partition coefficient (Wildman–Crippen LogP) is -0.243. The Morgan fingerprint density at radius 3 is 2.61 bits per heavy atom. The summed E-state index contributed by atoms with van der Waals surface area (Å²) in [5.41, 5.74) is 1.46. The maximum Gasteiger partial charge on any atom is 0.431 e. The molecule has 0 fully saturated rings. The summed E-state index contributed by atoms with van der Waals surface area (Å²) in [4.78, 5) is 3.90. The summed E-state index contributed by atoms with van der Waals surface area (Å²) in [6.45, 7) is 3.00. The van der Waals surface area contributed by atoms with E-state index in [0.717, 1.165) is 5.56 Å². The molecule has 8 heteroatoms. The second-order valence-electron chi connectivity index (χ2n) is 3.91. The second-order valence-corrected chi connectivity index (χ2v) is 3.91. The van der Waals surface area contributed by atoms with Crippen molar-refractivity contribution < 1.29 is 15.2 Å². The minimum Gasteiger partial charge on any atom is -0.433 e. The SMILES string of the molecule is CB(O)/N=C(\NB(C)O)Nc1cccc(CO)c1. The molecule has 0 saturated carbocycles. The van der Waals surface area contributed by atoms with Crippen molar-refractivity contribution in [2.24, 2.45) is 4.90 Å². The Morgan fingerprint density at radius 1 is 1.33 bits per heavy atom. The molecule has 0 aliphatic heterocycles. The van der Waals surface area contributed by atoms with Gasteiger partial charge in [0.2, 0.25) is 0 Å². The molecule has 96 valence electrons. The van der Waals surface area contributed by atoms with E-state index < -0.39 is 14.1 Å². The number of hydrogen-bond donors (Lipinski definition) is 5. The van der Waals surface area contributed by atoms with Gasteiger partial charge in [0.05, 0.1) is 6.61 Å². The molecule has 1 aromatic rings. The fourth-order valence-corrected chi connectivity index (χ4v) is 1.37. The molecule has 0 aromatic heterocycles. The van der Waals surface area contributed by atoms with Crippen molar-refractivity contribution in [3.63, 3.8) is 0 Å². The molecule has 0 aliphatic rings. The summed E-state index contributed by atoms with van der Waals surface area (Å²) in [7, 11) is -1.68. The summed E-state index contributed by atoms with van der Waals surface area (Å²) < 4.78 is 0. The van der Waals surface area contributed by atoms with Gasteiger partial charge in [-0.2, -0.15) is 0 Å². The molecule has 0 saturated heterocycles. The zero-order chi connectivity index (χ0) is 13.5. The standard InChI is InChI=1S/C10H17B2N3O3/c1-11(17)14-10(15-12(2)18)13-9-5-3-4-8(6-9)7-16/h3-6,16-18H,7H2,1-2H3,(H2,13,14,15). The van der Waals surface area contributed by atoms with Gasteiger partial charge >= 0.3 is 14.1 Å². The number of guanidine groups is 1. The molecule has 5 N–H and O–H groups in total. The highest BCUT2D eigenvalue weighted by Crippen LogP contribution is 2.10. The number of rotatable bonds is 4. The van der Waals surface area contributed by atoms with E-state index in [1.807, 2.05) is 0 Å². The van der Waals surface area contributed by atoms with E-state index in [2.05, 4.69) is 15.4 Å². The van der Waals surface area contributed by atoms with Crippen molar-refractivity contribution in [2.45, 2.75) is 20.3 Å². The Morgan fingerprint density at radius 2 is 2.06 bits per heavy atom. The number of hydrogen-bond acceptors (Lipinski definition) is 4. The van der Waals surface area contributed by atoms with Gasteiger partial charge in [-0.1, -0.05) is 12.1 Å². The van der Waals surface area contributed by atoms with Crippen LogP contribution in [0, 0.1) is 0 Å². The number of aliphatic hydroxyl groups excluding tert-OH is 1. The van der Waals surface area contributed by atoms with Crippen LogP contribution >= 0.6 is 0 Å². The Hall–Kier alpha value is -1.50. The van der Waals surface area contributed by atoms with Crippen molar-refractivity contribution >= 4 is 25.7 Å². The topological polar surface area (TPSA) is 97.1 Å². The quantitative estimate of drug-likeness (QED) is 0.288. The fraction of sp³-hybridized carbons (Fsp3) is 0.300. The normalized spacial score (nSPS) is 11.1. The van der Waals surface area contributed by atoms with Crippen LogP contribution in [0.4, 0.5) is 5.69 Å². The molecule has 0 heterocycles. The largest absolute Gasteiger partial charge is 0.433 e. The average Bonchev–Trinajstić information content (AvgIpc) is 2.27. The lowest BCUT2D eigenvalue weighted by atomic mass is 9.88. The van der Waals surface area contributed by atoms with Gasteiger partial charge in [-0.25, -0.2) is 0 Å². The molecule has 6 nitrogen and oxygen atoms in total. The first-order valence-electron chi connectivity index (χ1n) is 5.68. The van der Waals surface area contributed by atoms with Gasteiger partial charge in [-0.15, -0.1) is 0 Å². The number of aliphatic hydroxyl groups is 1. The summed E-state index contributed by atoms with van der Waals surface area (Å²) in [5, 5.41) is 33.1. The lowest BCUT2D eigenvalue weighted by molar-refractivity contribution is 0.282. The Balaban J connectivity index is 2.81. The van der Waals surface area contributed by atoms with Crippen LogP contribution in [0.1, 0.15) is 5.56 Å². The third-order valence-corrected chi connectivity index (χ3v) is 2.03. The van der Waals surface area contributed by atoms with E-state index in [1.165, 1.54) is 6.82 Å². The average molecular weight is 249 g/mol. The minimum atomic E-state index is -0.889. The molecule has 0 amide bonds. The molecule has 18 heavy (non-hydrogen) atoms. The Labute approximate surface area is 107 Å². The number of nitrogens with zero attached hydrogens (tertiary/aromatic N) is 1. The monoisotopic (exact) mass is 249 g/mol. The van der Waals surface area contributed by atoms with E-state index >= 15 is 0 Å². The van der Waals surface area contributed by atoms with Crippen LogP contribution in [0.3, 0.4) is 0 Å². The van der Waals surface area contributed by atoms with Crippen molar-refractivity contribution in [1.82, 2.24) is 5.23 Å². The molecule has 1 aromatic carbocycles.